The molecule has 0 bridgehead atoms. The predicted molar refractivity (Wildman–Crippen MR) is 90.6 cm³/mol. The lowest BCUT2D eigenvalue weighted by Gasteiger charge is -2.31. The Morgan fingerprint density at radius 2 is 2.20 bits per heavy atom. The number of rotatable bonds is 6. The molecule has 3 rings (SSSR count). The van der Waals surface area contributed by atoms with Crippen molar-refractivity contribution in [3.05, 3.63) is 29.3 Å². The average Bonchev–Trinajstić information content (AvgIpc) is 3.13. The zero-order chi connectivity index (χ0) is 18.0. The maximum Gasteiger partial charge on any atom is 0.248 e. The third-order valence-corrected chi connectivity index (χ3v) is 4.39. The predicted octanol–water partition coefficient (Wildman–Crippen LogP) is -0.247. The average molecular weight is 347 g/mol. The first kappa shape index (κ1) is 17.6. The van der Waals surface area contributed by atoms with Crippen molar-refractivity contribution in [2.75, 3.05) is 33.9 Å². The summed E-state index contributed by atoms with van der Waals surface area (Å²) in [5.74, 6) is 0.0989. The maximum atomic E-state index is 11.7. The van der Waals surface area contributed by atoms with Crippen molar-refractivity contribution in [1.29, 1.82) is 0 Å². The van der Waals surface area contributed by atoms with Gasteiger partial charge in [-0.1, -0.05) is 5.21 Å². The number of hydrogen-bond donors (Lipinski definition) is 0. The Bertz CT molecular complexity index is 737. The standard InChI is InChI=1S/C16H25N7O2/c1-20(2)15(24)11-25-10-13-8-23(7-12-5-17-21(3)6-12)9-14-16(13)22(4)19-18-14/h5-6,13H,7-11H2,1-4H3/t13-/m0/s1. The van der Waals surface area contributed by atoms with Gasteiger partial charge >= 0.3 is 0 Å². The van der Waals surface area contributed by atoms with E-state index in [2.05, 4.69) is 20.3 Å². The van der Waals surface area contributed by atoms with Crippen molar-refractivity contribution >= 4 is 5.91 Å². The molecule has 1 aliphatic rings. The second kappa shape index (κ2) is 7.32. The Hall–Kier alpha value is -2.26. The van der Waals surface area contributed by atoms with Crippen molar-refractivity contribution in [2.45, 2.75) is 19.0 Å². The molecule has 0 radical (unpaired) electrons. The monoisotopic (exact) mass is 347 g/mol. The number of nitrogens with zero attached hydrogens (tertiary/aromatic N) is 7. The van der Waals surface area contributed by atoms with Gasteiger partial charge in [0, 0.05) is 65.5 Å². The van der Waals surface area contributed by atoms with E-state index in [1.165, 1.54) is 4.90 Å². The van der Waals surface area contributed by atoms with E-state index >= 15 is 0 Å². The van der Waals surface area contributed by atoms with Gasteiger partial charge in [-0.3, -0.25) is 19.1 Å². The molecule has 2 aromatic rings. The summed E-state index contributed by atoms with van der Waals surface area (Å²) in [6, 6.07) is 0. The summed E-state index contributed by atoms with van der Waals surface area (Å²) < 4.78 is 9.30. The lowest BCUT2D eigenvalue weighted by Crippen LogP contribution is -2.36. The molecule has 25 heavy (non-hydrogen) atoms. The smallest absolute Gasteiger partial charge is 0.248 e. The zero-order valence-corrected chi connectivity index (χ0v) is 15.2. The van der Waals surface area contributed by atoms with E-state index in [4.69, 9.17) is 4.74 Å². The Morgan fingerprint density at radius 3 is 2.88 bits per heavy atom. The number of likely N-dealkylation sites (N-methyl/N-ethyl adjacent to an activating group) is 1. The fourth-order valence-corrected chi connectivity index (χ4v) is 3.18. The van der Waals surface area contributed by atoms with Crippen molar-refractivity contribution in [2.24, 2.45) is 14.1 Å². The van der Waals surface area contributed by atoms with Crippen LogP contribution in [0.1, 0.15) is 22.9 Å². The van der Waals surface area contributed by atoms with Gasteiger partial charge in [0.2, 0.25) is 5.91 Å². The second-order valence-electron chi connectivity index (χ2n) is 6.74. The molecule has 2 aromatic heterocycles. The molecule has 0 unspecified atom stereocenters. The highest BCUT2D eigenvalue weighted by atomic mass is 16.5. The molecule has 0 N–H and O–H groups in total. The van der Waals surface area contributed by atoms with Gasteiger partial charge in [-0.25, -0.2) is 0 Å². The number of fused-ring (bicyclic) bond motifs is 1. The van der Waals surface area contributed by atoms with Crippen molar-refractivity contribution in [3.63, 3.8) is 0 Å². The van der Waals surface area contributed by atoms with Crippen LogP contribution in [0.3, 0.4) is 0 Å². The molecule has 0 aromatic carbocycles. The van der Waals surface area contributed by atoms with Gasteiger partial charge in [-0.2, -0.15) is 5.10 Å². The largest absolute Gasteiger partial charge is 0.371 e. The maximum absolute atomic E-state index is 11.7. The van der Waals surface area contributed by atoms with Crippen LogP contribution in [0.2, 0.25) is 0 Å². The second-order valence-corrected chi connectivity index (χ2v) is 6.74. The van der Waals surface area contributed by atoms with Crippen molar-refractivity contribution in [3.8, 4) is 0 Å². The summed E-state index contributed by atoms with van der Waals surface area (Å²) in [7, 11) is 7.27. The Morgan fingerprint density at radius 1 is 1.40 bits per heavy atom. The minimum Gasteiger partial charge on any atom is -0.371 e. The first-order valence-corrected chi connectivity index (χ1v) is 8.30. The molecule has 9 heteroatoms. The van der Waals surface area contributed by atoms with Gasteiger partial charge in [0.15, 0.2) is 0 Å². The highest BCUT2D eigenvalue weighted by molar-refractivity contribution is 5.76. The number of aryl methyl sites for hydroxylation is 2. The molecule has 0 saturated heterocycles. The van der Waals surface area contributed by atoms with Crippen LogP contribution in [-0.4, -0.2) is 74.3 Å². The van der Waals surface area contributed by atoms with E-state index in [9.17, 15) is 4.79 Å². The van der Waals surface area contributed by atoms with Crippen LogP contribution in [-0.2, 0) is 36.7 Å². The van der Waals surface area contributed by atoms with E-state index in [0.29, 0.717) is 6.61 Å². The number of carbonyl (C=O) groups is 1. The molecule has 136 valence electrons. The van der Waals surface area contributed by atoms with Gasteiger partial charge in [0.25, 0.3) is 0 Å². The number of aromatic nitrogens is 5. The van der Waals surface area contributed by atoms with E-state index in [0.717, 1.165) is 36.6 Å². The van der Waals surface area contributed by atoms with Crippen LogP contribution < -0.4 is 0 Å². The topological polar surface area (TPSA) is 81.3 Å². The van der Waals surface area contributed by atoms with Crippen LogP contribution in [0.25, 0.3) is 0 Å². The first-order chi connectivity index (χ1) is 11.9. The number of carbonyl (C=O) groups excluding carboxylic acids is 1. The summed E-state index contributed by atoms with van der Waals surface area (Å²) in [5.41, 5.74) is 3.24. The summed E-state index contributed by atoms with van der Waals surface area (Å²) in [6.07, 6.45) is 3.90. The van der Waals surface area contributed by atoms with E-state index in [1.807, 2.05) is 31.2 Å². The zero-order valence-electron chi connectivity index (χ0n) is 15.2. The molecule has 0 aliphatic carbocycles. The molecular formula is C16H25N7O2. The van der Waals surface area contributed by atoms with Gasteiger partial charge in [0.05, 0.1) is 18.5 Å². The molecule has 0 saturated carbocycles. The number of amides is 1. The molecule has 0 spiro atoms. The fraction of sp³-hybridized carbons (Fsp3) is 0.625. The van der Waals surface area contributed by atoms with Crippen LogP contribution in [0.15, 0.2) is 12.4 Å². The lowest BCUT2D eigenvalue weighted by atomic mass is 9.98. The van der Waals surface area contributed by atoms with Gasteiger partial charge in [-0.15, -0.1) is 5.10 Å². The molecule has 0 fully saturated rings. The van der Waals surface area contributed by atoms with Crippen LogP contribution in [0.4, 0.5) is 0 Å². The van der Waals surface area contributed by atoms with E-state index in [1.54, 1.807) is 18.8 Å². The summed E-state index contributed by atoms with van der Waals surface area (Å²) >= 11 is 0. The minimum absolute atomic E-state index is 0.0358. The Labute approximate surface area is 147 Å². The minimum atomic E-state index is -0.0358. The van der Waals surface area contributed by atoms with Crippen LogP contribution in [0.5, 0.6) is 0 Å². The van der Waals surface area contributed by atoms with Gasteiger partial charge < -0.3 is 9.64 Å². The number of hydrogen-bond acceptors (Lipinski definition) is 6. The SMILES string of the molecule is CN(C)C(=O)COC[C@@H]1CN(Cc2cnn(C)c2)Cc2nnn(C)c21. The van der Waals surface area contributed by atoms with Gasteiger partial charge in [0.1, 0.15) is 12.3 Å². The summed E-state index contributed by atoms with van der Waals surface area (Å²) in [5, 5.41) is 12.7. The molecule has 3 heterocycles. The third-order valence-electron chi connectivity index (χ3n) is 4.39. The van der Waals surface area contributed by atoms with Crippen LogP contribution >= 0.6 is 0 Å². The van der Waals surface area contributed by atoms with Crippen LogP contribution in [0, 0.1) is 0 Å². The Balaban J connectivity index is 1.67. The lowest BCUT2D eigenvalue weighted by molar-refractivity contribution is -0.133. The fourth-order valence-electron chi connectivity index (χ4n) is 3.18. The molecule has 1 amide bonds. The summed E-state index contributed by atoms with van der Waals surface area (Å²) in [4.78, 5) is 15.6. The molecular weight excluding hydrogens is 322 g/mol. The van der Waals surface area contributed by atoms with Crippen molar-refractivity contribution < 1.29 is 9.53 Å². The normalized spacial score (nSPS) is 17.5. The Kier molecular flexibility index (Phi) is 5.14. The molecule has 9 nitrogen and oxygen atoms in total. The van der Waals surface area contributed by atoms with Gasteiger partial charge in [-0.05, 0) is 0 Å². The highest BCUT2D eigenvalue weighted by Gasteiger charge is 2.30. The van der Waals surface area contributed by atoms with E-state index < -0.39 is 0 Å². The first-order valence-electron chi connectivity index (χ1n) is 8.30. The van der Waals surface area contributed by atoms with Crippen molar-refractivity contribution in [1.82, 2.24) is 34.6 Å². The third kappa shape index (κ3) is 4.05. The molecule has 1 atom stereocenters. The van der Waals surface area contributed by atoms with E-state index in [-0.39, 0.29) is 18.4 Å². The summed E-state index contributed by atoms with van der Waals surface area (Å²) in [6.45, 7) is 2.95. The quantitative estimate of drug-likeness (QED) is 0.717. The highest BCUT2D eigenvalue weighted by Crippen LogP contribution is 2.27. The molecule has 1 aliphatic heterocycles. The number of ether oxygens (including phenoxy) is 1.